The Labute approximate surface area is 305 Å². The quantitative estimate of drug-likeness (QED) is 0.0381. The summed E-state index contributed by atoms with van der Waals surface area (Å²) in [6.07, 6.45) is 47.3. The van der Waals surface area contributed by atoms with Crippen LogP contribution >= 0.6 is 0 Å². The molecule has 0 heterocycles. The van der Waals surface area contributed by atoms with Crippen LogP contribution in [-0.4, -0.2) is 46.1 Å². The first-order valence-electron chi connectivity index (χ1n) is 21.6. The third kappa shape index (κ3) is 35.0. The molecule has 5 heteroatoms. The molecule has 0 fully saturated rings. The molecule has 0 radical (unpaired) electrons. The summed E-state index contributed by atoms with van der Waals surface area (Å²) in [5.74, 6) is -0.210. The van der Waals surface area contributed by atoms with E-state index in [0.717, 1.165) is 32.1 Å². The van der Waals surface area contributed by atoms with Gasteiger partial charge >= 0.3 is 0 Å². The van der Waals surface area contributed by atoms with Gasteiger partial charge in [-0.25, -0.2) is 0 Å². The molecule has 0 aliphatic heterocycles. The lowest BCUT2D eigenvalue weighted by Gasteiger charge is -2.26. The van der Waals surface area contributed by atoms with Crippen molar-refractivity contribution in [3.05, 3.63) is 24.3 Å². The van der Waals surface area contributed by atoms with Gasteiger partial charge in [-0.1, -0.05) is 212 Å². The molecule has 0 rings (SSSR count). The second kappa shape index (κ2) is 39.6. The minimum Gasteiger partial charge on any atom is -0.394 e. The SMILES string of the molecule is CCCCCCCC/C=C\C/C=C\CCC(=O)NC(CO)C(O)C(O)CCCCCCCCCCCCCCCCCCCCCCCC. The summed E-state index contributed by atoms with van der Waals surface area (Å²) in [6, 6.07) is -0.837. The number of hydrogen-bond acceptors (Lipinski definition) is 4. The Morgan fingerprint density at radius 3 is 1.29 bits per heavy atom. The van der Waals surface area contributed by atoms with Crippen LogP contribution in [0.4, 0.5) is 0 Å². The van der Waals surface area contributed by atoms with E-state index in [1.807, 2.05) is 6.08 Å². The van der Waals surface area contributed by atoms with Crippen molar-refractivity contribution in [3.8, 4) is 0 Å². The highest BCUT2D eigenvalue weighted by molar-refractivity contribution is 5.76. The Bertz CT molecular complexity index is 724. The average Bonchev–Trinajstić information content (AvgIpc) is 3.10. The van der Waals surface area contributed by atoms with Crippen molar-refractivity contribution in [2.45, 2.75) is 244 Å². The number of carbonyl (C=O) groups excluding carboxylic acids is 1. The molecule has 49 heavy (non-hydrogen) atoms. The third-order valence-corrected chi connectivity index (χ3v) is 10.1. The molecule has 3 unspecified atom stereocenters. The van der Waals surface area contributed by atoms with Crippen LogP contribution < -0.4 is 5.32 Å². The number of unbranched alkanes of at least 4 members (excludes halogenated alkanes) is 27. The molecule has 3 atom stereocenters. The number of aliphatic hydroxyl groups excluding tert-OH is 3. The van der Waals surface area contributed by atoms with Crippen LogP contribution in [0.15, 0.2) is 24.3 Å². The van der Waals surface area contributed by atoms with E-state index in [-0.39, 0.29) is 12.5 Å². The van der Waals surface area contributed by atoms with E-state index < -0.39 is 18.2 Å². The minimum atomic E-state index is -1.16. The lowest BCUT2D eigenvalue weighted by molar-refractivity contribution is -0.124. The van der Waals surface area contributed by atoms with Crippen molar-refractivity contribution in [1.29, 1.82) is 0 Å². The maximum absolute atomic E-state index is 12.3. The van der Waals surface area contributed by atoms with Crippen LogP contribution in [0.1, 0.15) is 226 Å². The molecule has 0 saturated carbocycles. The molecule has 0 aromatic heterocycles. The normalized spacial score (nSPS) is 13.8. The van der Waals surface area contributed by atoms with E-state index in [0.29, 0.717) is 19.3 Å². The van der Waals surface area contributed by atoms with E-state index in [4.69, 9.17) is 0 Å². The van der Waals surface area contributed by atoms with Gasteiger partial charge in [0.1, 0.15) is 6.10 Å². The fourth-order valence-corrected chi connectivity index (χ4v) is 6.68. The second-order valence-electron chi connectivity index (χ2n) is 14.9. The lowest BCUT2D eigenvalue weighted by Crippen LogP contribution is -2.50. The van der Waals surface area contributed by atoms with Crippen molar-refractivity contribution in [2.75, 3.05) is 6.61 Å². The first kappa shape index (κ1) is 47.8. The molecular formula is C44H85NO4. The largest absolute Gasteiger partial charge is 0.394 e. The molecule has 5 nitrogen and oxygen atoms in total. The van der Waals surface area contributed by atoms with Gasteiger partial charge in [0.05, 0.1) is 18.8 Å². The molecule has 0 bridgehead atoms. The van der Waals surface area contributed by atoms with Gasteiger partial charge in [-0.2, -0.15) is 0 Å². The van der Waals surface area contributed by atoms with Crippen molar-refractivity contribution < 1.29 is 20.1 Å². The van der Waals surface area contributed by atoms with Gasteiger partial charge in [0.25, 0.3) is 0 Å². The predicted molar refractivity (Wildman–Crippen MR) is 213 cm³/mol. The Hall–Kier alpha value is -1.17. The number of amides is 1. The van der Waals surface area contributed by atoms with Crippen LogP contribution in [0.2, 0.25) is 0 Å². The first-order valence-corrected chi connectivity index (χ1v) is 21.6. The standard InChI is InChI=1S/C44H85NO4/c1-3-5-7-9-11-13-15-17-18-19-20-21-22-23-24-25-27-28-30-32-34-36-38-42(47)44(49)41(40-46)45-43(48)39-37-35-33-31-29-26-16-14-12-10-8-6-4-2/h26,29,33,35,41-42,44,46-47,49H,3-25,27-28,30-32,34,36-40H2,1-2H3,(H,45,48)/b29-26-,35-33-. The van der Waals surface area contributed by atoms with E-state index in [1.165, 1.54) is 161 Å². The summed E-state index contributed by atoms with van der Waals surface area (Å²) in [7, 11) is 0. The second-order valence-corrected chi connectivity index (χ2v) is 14.9. The molecule has 0 aliphatic carbocycles. The highest BCUT2D eigenvalue weighted by Gasteiger charge is 2.26. The first-order chi connectivity index (χ1) is 24.1. The van der Waals surface area contributed by atoms with Crippen LogP contribution in [0.5, 0.6) is 0 Å². The maximum Gasteiger partial charge on any atom is 0.220 e. The van der Waals surface area contributed by atoms with E-state index in [9.17, 15) is 20.1 Å². The summed E-state index contributed by atoms with van der Waals surface area (Å²) < 4.78 is 0. The Morgan fingerprint density at radius 2 is 0.878 bits per heavy atom. The van der Waals surface area contributed by atoms with Gasteiger partial charge in [-0.15, -0.1) is 0 Å². The Morgan fingerprint density at radius 1 is 0.510 bits per heavy atom. The highest BCUT2D eigenvalue weighted by atomic mass is 16.3. The molecule has 0 aromatic carbocycles. The molecule has 290 valence electrons. The molecule has 4 N–H and O–H groups in total. The molecule has 1 amide bonds. The van der Waals surface area contributed by atoms with Crippen molar-refractivity contribution in [1.82, 2.24) is 5.32 Å². The van der Waals surface area contributed by atoms with Crippen LogP contribution in [-0.2, 0) is 4.79 Å². The number of rotatable bonds is 39. The topological polar surface area (TPSA) is 89.8 Å². The summed E-state index contributed by atoms with van der Waals surface area (Å²) in [6.45, 7) is 4.15. The van der Waals surface area contributed by atoms with Crippen LogP contribution in [0, 0.1) is 0 Å². The average molecular weight is 692 g/mol. The van der Waals surface area contributed by atoms with Gasteiger partial charge < -0.3 is 20.6 Å². The maximum atomic E-state index is 12.3. The molecule has 0 saturated heterocycles. The fraction of sp³-hybridized carbons (Fsp3) is 0.886. The number of allylic oxidation sites excluding steroid dienone is 4. The van der Waals surface area contributed by atoms with Crippen molar-refractivity contribution in [2.24, 2.45) is 0 Å². The van der Waals surface area contributed by atoms with Gasteiger partial charge in [0.2, 0.25) is 5.91 Å². The molecular weight excluding hydrogens is 606 g/mol. The number of aliphatic hydroxyl groups is 3. The Balaban J connectivity index is 3.63. The van der Waals surface area contributed by atoms with Gasteiger partial charge in [-0.05, 0) is 32.1 Å². The summed E-state index contributed by atoms with van der Waals surface area (Å²) in [5, 5.41) is 33.4. The monoisotopic (exact) mass is 692 g/mol. The number of hydrogen-bond donors (Lipinski definition) is 4. The predicted octanol–water partition coefficient (Wildman–Crippen LogP) is 12.2. The van der Waals surface area contributed by atoms with Crippen molar-refractivity contribution in [3.63, 3.8) is 0 Å². The number of carbonyl (C=O) groups is 1. The van der Waals surface area contributed by atoms with E-state index in [1.54, 1.807) is 0 Å². The van der Waals surface area contributed by atoms with Gasteiger partial charge in [-0.3, -0.25) is 4.79 Å². The van der Waals surface area contributed by atoms with E-state index >= 15 is 0 Å². The minimum absolute atomic E-state index is 0.210. The highest BCUT2D eigenvalue weighted by Crippen LogP contribution is 2.16. The smallest absolute Gasteiger partial charge is 0.220 e. The summed E-state index contributed by atoms with van der Waals surface area (Å²) in [5.41, 5.74) is 0. The molecule has 0 aromatic rings. The zero-order valence-electron chi connectivity index (χ0n) is 32.8. The summed E-state index contributed by atoms with van der Waals surface area (Å²) in [4.78, 5) is 12.3. The third-order valence-electron chi connectivity index (χ3n) is 10.1. The van der Waals surface area contributed by atoms with Crippen LogP contribution in [0.25, 0.3) is 0 Å². The van der Waals surface area contributed by atoms with Gasteiger partial charge in [0, 0.05) is 6.42 Å². The fourth-order valence-electron chi connectivity index (χ4n) is 6.68. The van der Waals surface area contributed by atoms with Crippen LogP contribution in [0.3, 0.4) is 0 Å². The molecule has 0 aliphatic rings. The van der Waals surface area contributed by atoms with Gasteiger partial charge in [0.15, 0.2) is 0 Å². The molecule has 0 spiro atoms. The van der Waals surface area contributed by atoms with Crippen molar-refractivity contribution >= 4 is 5.91 Å². The zero-order valence-corrected chi connectivity index (χ0v) is 32.8. The summed E-state index contributed by atoms with van der Waals surface area (Å²) >= 11 is 0. The number of nitrogens with one attached hydrogen (secondary N) is 1. The Kier molecular flexibility index (Phi) is 38.7. The lowest BCUT2D eigenvalue weighted by atomic mass is 9.99. The zero-order chi connectivity index (χ0) is 35.9. The van der Waals surface area contributed by atoms with E-state index in [2.05, 4.69) is 37.4 Å².